The van der Waals surface area contributed by atoms with Crippen LogP contribution >= 0.6 is 11.3 Å². The van der Waals surface area contributed by atoms with E-state index in [9.17, 15) is 0 Å². The molecule has 0 amide bonds. The number of rotatable bonds is 3. The van der Waals surface area contributed by atoms with Gasteiger partial charge in [-0.25, -0.2) is 9.97 Å². The van der Waals surface area contributed by atoms with Crippen LogP contribution in [0.2, 0.25) is 0 Å². The van der Waals surface area contributed by atoms with Crippen molar-refractivity contribution in [3.63, 3.8) is 0 Å². The third kappa shape index (κ3) is 3.97. The third-order valence-electron chi connectivity index (χ3n) is 7.63. The molecule has 0 spiro atoms. The van der Waals surface area contributed by atoms with Gasteiger partial charge in [-0.2, -0.15) is 0 Å². The normalized spacial score (nSPS) is 11.7. The van der Waals surface area contributed by atoms with E-state index in [1.165, 1.54) is 10.1 Å². The molecule has 0 aliphatic heterocycles. The van der Waals surface area contributed by atoms with Gasteiger partial charge in [0.2, 0.25) is 0 Å². The van der Waals surface area contributed by atoms with E-state index in [0.29, 0.717) is 0 Å². The molecule has 0 N–H and O–H groups in total. The zero-order chi connectivity index (χ0) is 27.5. The van der Waals surface area contributed by atoms with Gasteiger partial charge in [-0.15, -0.1) is 11.3 Å². The Morgan fingerprint density at radius 3 is 2.10 bits per heavy atom. The molecule has 194 valence electrons. The van der Waals surface area contributed by atoms with Gasteiger partial charge in [0, 0.05) is 43.4 Å². The maximum atomic E-state index is 5.13. The van der Waals surface area contributed by atoms with Crippen molar-refractivity contribution in [2.24, 2.45) is 0 Å². The zero-order valence-corrected chi connectivity index (χ0v) is 23.4. The van der Waals surface area contributed by atoms with E-state index in [-0.39, 0.29) is 0 Å². The Labute approximate surface area is 241 Å². The van der Waals surface area contributed by atoms with Crippen LogP contribution in [0.3, 0.4) is 0 Å². The van der Waals surface area contributed by atoms with E-state index in [2.05, 4.69) is 91.9 Å². The Balaban J connectivity index is 1.31. The monoisotopic (exact) mass is 544 g/mol. The molecule has 0 bridgehead atoms. The maximum Gasteiger partial charge on any atom is 0.160 e. The fourth-order valence-electron chi connectivity index (χ4n) is 5.65. The summed E-state index contributed by atoms with van der Waals surface area (Å²) in [5, 5.41) is 3.38. The van der Waals surface area contributed by atoms with E-state index in [4.69, 9.17) is 19.9 Å². The van der Waals surface area contributed by atoms with Gasteiger partial charge >= 0.3 is 0 Å². The highest BCUT2D eigenvalue weighted by Crippen LogP contribution is 2.40. The standard InChI is InChI=1S/C36H24N4S/c1-21-12-13-24-18-19-27-29(20-22(2)38-33(27)31(24)37-21)23-14-16-25(17-15-23)32-35-34(28-10-6-7-11-30(28)41-35)40-36(39-32)26-8-4-3-5-9-26/h3-20H,1-2H3. The first kappa shape index (κ1) is 23.9. The molecule has 0 saturated heterocycles. The first-order valence-corrected chi connectivity index (χ1v) is 14.5. The van der Waals surface area contributed by atoms with E-state index in [0.717, 1.165) is 77.2 Å². The van der Waals surface area contributed by atoms with Crippen LogP contribution in [0.4, 0.5) is 0 Å². The second kappa shape index (κ2) is 9.29. The van der Waals surface area contributed by atoms with Crippen LogP contribution in [0.15, 0.2) is 109 Å². The van der Waals surface area contributed by atoms with Crippen LogP contribution in [0, 0.1) is 13.8 Å². The van der Waals surface area contributed by atoms with Crippen molar-refractivity contribution >= 4 is 53.4 Å². The molecule has 0 radical (unpaired) electrons. The predicted molar refractivity (Wildman–Crippen MR) is 171 cm³/mol. The second-order valence-electron chi connectivity index (χ2n) is 10.4. The van der Waals surface area contributed by atoms with E-state index < -0.39 is 0 Å². The Morgan fingerprint density at radius 2 is 1.24 bits per heavy atom. The van der Waals surface area contributed by atoms with Gasteiger partial charge in [0.15, 0.2) is 5.82 Å². The highest BCUT2D eigenvalue weighted by molar-refractivity contribution is 7.26. The van der Waals surface area contributed by atoms with Gasteiger partial charge in [0.1, 0.15) is 0 Å². The van der Waals surface area contributed by atoms with Gasteiger partial charge in [-0.05, 0) is 43.2 Å². The summed E-state index contributed by atoms with van der Waals surface area (Å²) in [6, 6.07) is 38.1. The second-order valence-corrected chi connectivity index (χ2v) is 11.5. The molecule has 0 unspecified atom stereocenters. The molecular formula is C36H24N4S. The fourth-order valence-corrected chi connectivity index (χ4v) is 6.80. The molecule has 4 aromatic carbocycles. The number of aromatic nitrogens is 4. The van der Waals surface area contributed by atoms with Gasteiger partial charge in [0.05, 0.1) is 26.9 Å². The van der Waals surface area contributed by atoms with Crippen molar-refractivity contribution in [1.82, 2.24) is 19.9 Å². The minimum Gasteiger partial charge on any atom is -0.251 e. The quantitative estimate of drug-likeness (QED) is 0.208. The molecule has 0 saturated carbocycles. The molecule has 0 fully saturated rings. The van der Waals surface area contributed by atoms with Crippen LogP contribution in [0.25, 0.3) is 75.9 Å². The minimum atomic E-state index is 0.742. The number of aryl methyl sites for hydroxylation is 2. The highest BCUT2D eigenvalue weighted by atomic mass is 32.1. The maximum absolute atomic E-state index is 5.13. The summed E-state index contributed by atoms with van der Waals surface area (Å²) in [5.41, 5.74) is 10.2. The van der Waals surface area contributed by atoms with Gasteiger partial charge in [-0.1, -0.05) is 91.0 Å². The lowest BCUT2D eigenvalue weighted by Gasteiger charge is -2.12. The Hall–Kier alpha value is -5.00. The molecule has 0 aliphatic rings. The first-order valence-electron chi connectivity index (χ1n) is 13.7. The van der Waals surface area contributed by atoms with Gasteiger partial charge < -0.3 is 0 Å². The van der Waals surface area contributed by atoms with Crippen LogP contribution in [0.1, 0.15) is 11.4 Å². The predicted octanol–water partition coefficient (Wildman–Crippen LogP) is 9.56. The average molecular weight is 545 g/mol. The van der Waals surface area contributed by atoms with E-state index >= 15 is 0 Å². The molecule has 4 nitrogen and oxygen atoms in total. The first-order chi connectivity index (χ1) is 20.1. The van der Waals surface area contributed by atoms with Crippen molar-refractivity contribution < 1.29 is 0 Å². The molecule has 8 rings (SSSR count). The molecule has 4 aromatic heterocycles. The number of hydrogen-bond acceptors (Lipinski definition) is 5. The lowest BCUT2D eigenvalue weighted by molar-refractivity contribution is 1.23. The highest BCUT2D eigenvalue weighted by Gasteiger charge is 2.17. The van der Waals surface area contributed by atoms with Crippen molar-refractivity contribution in [2.75, 3.05) is 0 Å². The SMILES string of the molecule is Cc1ccc2ccc3c(-c4ccc(-c5nc(-c6ccccc6)nc6c5sc5ccccc56)cc4)cc(C)nc3c2n1. The van der Waals surface area contributed by atoms with Gasteiger partial charge in [0.25, 0.3) is 0 Å². The minimum absolute atomic E-state index is 0.742. The smallest absolute Gasteiger partial charge is 0.160 e. The molecule has 8 aromatic rings. The molecular weight excluding hydrogens is 520 g/mol. The Morgan fingerprint density at radius 1 is 0.512 bits per heavy atom. The van der Waals surface area contributed by atoms with Crippen LogP contribution < -0.4 is 0 Å². The van der Waals surface area contributed by atoms with E-state index in [1.54, 1.807) is 11.3 Å². The summed E-state index contributed by atoms with van der Waals surface area (Å²) in [4.78, 5) is 19.9. The lowest BCUT2D eigenvalue weighted by Crippen LogP contribution is -1.94. The molecule has 0 atom stereocenters. The summed E-state index contributed by atoms with van der Waals surface area (Å²) in [7, 11) is 0. The zero-order valence-electron chi connectivity index (χ0n) is 22.6. The van der Waals surface area contributed by atoms with Crippen molar-refractivity contribution in [3.8, 4) is 33.8 Å². The largest absolute Gasteiger partial charge is 0.251 e. The summed E-state index contributed by atoms with van der Waals surface area (Å²) < 4.78 is 2.33. The number of hydrogen-bond donors (Lipinski definition) is 0. The van der Waals surface area contributed by atoms with E-state index in [1.807, 2.05) is 31.2 Å². The summed E-state index contributed by atoms with van der Waals surface area (Å²) in [6.07, 6.45) is 0. The van der Waals surface area contributed by atoms with Crippen molar-refractivity contribution in [1.29, 1.82) is 0 Å². The Bertz CT molecular complexity index is 2270. The molecule has 5 heteroatoms. The number of nitrogens with zero attached hydrogens (tertiary/aromatic N) is 4. The average Bonchev–Trinajstić information content (AvgIpc) is 3.39. The van der Waals surface area contributed by atoms with Crippen LogP contribution in [-0.2, 0) is 0 Å². The number of fused-ring (bicyclic) bond motifs is 6. The fraction of sp³-hybridized carbons (Fsp3) is 0.0556. The lowest BCUT2D eigenvalue weighted by atomic mass is 9.97. The Kier molecular flexibility index (Phi) is 5.40. The van der Waals surface area contributed by atoms with Crippen LogP contribution in [0.5, 0.6) is 0 Å². The molecule has 41 heavy (non-hydrogen) atoms. The summed E-state index contributed by atoms with van der Waals surface area (Å²) >= 11 is 1.75. The van der Waals surface area contributed by atoms with Crippen molar-refractivity contribution in [3.05, 3.63) is 121 Å². The van der Waals surface area contributed by atoms with Crippen LogP contribution in [-0.4, -0.2) is 19.9 Å². The number of benzene rings is 4. The molecule has 4 heterocycles. The summed E-state index contributed by atoms with van der Waals surface area (Å²) in [6.45, 7) is 4.08. The number of pyridine rings is 2. The summed E-state index contributed by atoms with van der Waals surface area (Å²) in [5.74, 6) is 0.742. The van der Waals surface area contributed by atoms with Crippen molar-refractivity contribution in [2.45, 2.75) is 13.8 Å². The topological polar surface area (TPSA) is 51.6 Å². The van der Waals surface area contributed by atoms with Gasteiger partial charge in [-0.3, -0.25) is 9.97 Å². The third-order valence-corrected chi connectivity index (χ3v) is 8.79. The number of thiophene rings is 1. The molecule has 0 aliphatic carbocycles.